The van der Waals surface area contributed by atoms with Crippen LogP contribution in [0.15, 0.2) is 18.3 Å². The molecule has 1 aromatic rings. The number of nitrogens with zero attached hydrogens (tertiary/aromatic N) is 1. The maximum absolute atomic E-state index is 6.03. The summed E-state index contributed by atoms with van der Waals surface area (Å²) in [4.78, 5) is 4.22. The molecule has 3 heteroatoms. The van der Waals surface area contributed by atoms with Gasteiger partial charge in [0.05, 0.1) is 0 Å². The molecule has 0 radical (unpaired) electrons. The number of nitrogen functional groups attached to an aromatic ring is 1. The van der Waals surface area contributed by atoms with Crippen LogP contribution in [0.1, 0.15) is 51.1 Å². The van der Waals surface area contributed by atoms with Gasteiger partial charge in [-0.25, -0.2) is 4.98 Å². The van der Waals surface area contributed by atoms with Gasteiger partial charge in [0.1, 0.15) is 5.82 Å². The van der Waals surface area contributed by atoms with Crippen molar-refractivity contribution in [3.8, 4) is 0 Å². The van der Waals surface area contributed by atoms with Gasteiger partial charge in [0, 0.05) is 17.8 Å². The molecule has 1 atom stereocenters. The summed E-state index contributed by atoms with van der Waals surface area (Å²) in [5.41, 5.74) is 7.19. The van der Waals surface area contributed by atoms with Crippen LogP contribution in [0.2, 0.25) is 0 Å². The van der Waals surface area contributed by atoms with Crippen molar-refractivity contribution in [2.24, 2.45) is 17.8 Å². The molecule has 1 aliphatic rings. The van der Waals surface area contributed by atoms with Crippen molar-refractivity contribution in [3.05, 3.63) is 23.9 Å². The second-order valence-electron chi connectivity index (χ2n) is 6.16. The van der Waals surface area contributed by atoms with Crippen molar-refractivity contribution >= 4 is 5.82 Å². The van der Waals surface area contributed by atoms with Crippen molar-refractivity contribution in [3.63, 3.8) is 0 Å². The second kappa shape index (κ2) is 6.38. The Balaban J connectivity index is 2.06. The van der Waals surface area contributed by atoms with E-state index in [1.165, 1.54) is 25.7 Å². The summed E-state index contributed by atoms with van der Waals surface area (Å²) < 4.78 is 0. The lowest BCUT2D eigenvalue weighted by Gasteiger charge is -2.35. The smallest absolute Gasteiger partial charge is 0.128 e. The number of aromatic nitrogens is 1. The summed E-state index contributed by atoms with van der Waals surface area (Å²) in [6.45, 7) is 4.69. The van der Waals surface area contributed by atoms with Crippen molar-refractivity contribution in [2.45, 2.75) is 45.6 Å². The molecule has 0 amide bonds. The minimum absolute atomic E-state index is 0.349. The molecule has 3 N–H and O–H groups in total. The first kappa shape index (κ1) is 14.3. The average molecular weight is 261 g/mol. The normalized spacial score (nSPS) is 25.5. The van der Waals surface area contributed by atoms with E-state index in [2.05, 4.69) is 30.2 Å². The summed E-state index contributed by atoms with van der Waals surface area (Å²) in [6, 6.07) is 4.44. The molecule has 1 aromatic heterocycles. The van der Waals surface area contributed by atoms with Gasteiger partial charge in [-0.15, -0.1) is 0 Å². The fourth-order valence-corrected chi connectivity index (χ4v) is 3.48. The largest absolute Gasteiger partial charge is 0.383 e. The lowest BCUT2D eigenvalue weighted by atomic mass is 9.73. The first-order chi connectivity index (χ1) is 9.13. The summed E-state index contributed by atoms with van der Waals surface area (Å²) in [6.07, 6.45) is 7.05. The second-order valence-corrected chi connectivity index (χ2v) is 6.16. The number of rotatable bonds is 4. The molecule has 19 heavy (non-hydrogen) atoms. The van der Waals surface area contributed by atoms with E-state index in [0.29, 0.717) is 17.8 Å². The van der Waals surface area contributed by atoms with E-state index in [1.807, 2.05) is 13.1 Å². The zero-order valence-electron chi connectivity index (χ0n) is 12.4. The molecular weight excluding hydrogens is 234 g/mol. The molecule has 1 aliphatic carbocycles. The molecule has 0 spiro atoms. The van der Waals surface area contributed by atoms with Gasteiger partial charge in [0.15, 0.2) is 0 Å². The van der Waals surface area contributed by atoms with Crippen LogP contribution in [0.25, 0.3) is 0 Å². The van der Waals surface area contributed by atoms with Crippen molar-refractivity contribution in [1.29, 1.82) is 0 Å². The topological polar surface area (TPSA) is 50.9 Å². The third-order valence-corrected chi connectivity index (χ3v) is 4.75. The third-order valence-electron chi connectivity index (χ3n) is 4.75. The Morgan fingerprint density at radius 3 is 2.37 bits per heavy atom. The predicted molar refractivity (Wildman–Crippen MR) is 80.7 cm³/mol. The van der Waals surface area contributed by atoms with E-state index >= 15 is 0 Å². The predicted octanol–water partition coefficient (Wildman–Crippen LogP) is 3.39. The van der Waals surface area contributed by atoms with Gasteiger partial charge in [-0.05, 0) is 56.6 Å². The minimum Gasteiger partial charge on any atom is -0.383 e. The summed E-state index contributed by atoms with van der Waals surface area (Å²) in [7, 11) is 2.03. The standard InChI is InChI=1S/C16H27N3/c1-11(2)12-6-8-13(9-7-12)15(18-3)14-5-4-10-19-16(14)17/h4-5,10-13,15,18H,6-9H2,1-3H3,(H2,17,19). The zero-order chi connectivity index (χ0) is 13.8. The van der Waals surface area contributed by atoms with Gasteiger partial charge >= 0.3 is 0 Å². The molecule has 1 fully saturated rings. The van der Waals surface area contributed by atoms with E-state index in [1.54, 1.807) is 6.20 Å². The van der Waals surface area contributed by atoms with Gasteiger partial charge < -0.3 is 11.1 Å². The maximum atomic E-state index is 6.03. The maximum Gasteiger partial charge on any atom is 0.128 e. The Hall–Kier alpha value is -1.09. The Bertz CT molecular complexity index is 395. The average Bonchev–Trinajstić information content (AvgIpc) is 2.42. The molecule has 0 bridgehead atoms. The van der Waals surface area contributed by atoms with Crippen molar-refractivity contribution in [2.75, 3.05) is 12.8 Å². The highest BCUT2D eigenvalue weighted by atomic mass is 14.9. The van der Waals surface area contributed by atoms with Crippen LogP contribution in [0.3, 0.4) is 0 Å². The SMILES string of the molecule is CNC(c1cccnc1N)C1CCC(C(C)C)CC1. The summed E-state index contributed by atoms with van der Waals surface area (Å²) >= 11 is 0. The van der Waals surface area contributed by atoms with E-state index in [-0.39, 0.29) is 0 Å². The Labute approximate surface area is 117 Å². The van der Waals surface area contributed by atoms with Crippen LogP contribution in [0.4, 0.5) is 5.82 Å². The van der Waals surface area contributed by atoms with E-state index < -0.39 is 0 Å². The number of hydrogen-bond acceptors (Lipinski definition) is 3. The van der Waals surface area contributed by atoms with Gasteiger partial charge in [-0.3, -0.25) is 0 Å². The lowest BCUT2D eigenvalue weighted by Crippen LogP contribution is -2.30. The minimum atomic E-state index is 0.349. The number of anilines is 1. The molecule has 1 saturated carbocycles. The van der Waals surface area contributed by atoms with Gasteiger partial charge in [0.25, 0.3) is 0 Å². The Morgan fingerprint density at radius 1 is 1.21 bits per heavy atom. The van der Waals surface area contributed by atoms with E-state index in [4.69, 9.17) is 5.73 Å². The summed E-state index contributed by atoms with van der Waals surface area (Å²) in [5.74, 6) is 3.08. The van der Waals surface area contributed by atoms with Gasteiger partial charge in [-0.1, -0.05) is 19.9 Å². The van der Waals surface area contributed by atoms with Gasteiger partial charge in [0.2, 0.25) is 0 Å². The number of pyridine rings is 1. The molecule has 106 valence electrons. The Morgan fingerprint density at radius 2 is 1.84 bits per heavy atom. The highest BCUT2D eigenvalue weighted by Gasteiger charge is 2.29. The fourth-order valence-electron chi connectivity index (χ4n) is 3.48. The third kappa shape index (κ3) is 3.27. The van der Waals surface area contributed by atoms with Crippen LogP contribution in [-0.4, -0.2) is 12.0 Å². The van der Waals surface area contributed by atoms with Crippen LogP contribution in [-0.2, 0) is 0 Å². The quantitative estimate of drug-likeness (QED) is 0.873. The highest BCUT2D eigenvalue weighted by Crippen LogP contribution is 2.39. The van der Waals surface area contributed by atoms with Crippen LogP contribution in [0, 0.1) is 17.8 Å². The molecule has 1 unspecified atom stereocenters. The molecule has 3 nitrogen and oxygen atoms in total. The molecular formula is C16H27N3. The monoisotopic (exact) mass is 261 g/mol. The van der Waals surface area contributed by atoms with Crippen LogP contribution in [0.5, 0.6) is 0 Å². The van der Waals surface area contributed by atoms with E-state index in [0.717, 1.165) is 17.4 Å². The zero-order valence-corrected chi connectivity index (χ0v) is 12.4. The van der Waals surface area contributed by atoms with E-state index in [9.17, 15) is 0 Å². The first-order valence-corrected chi connectivity index (χ1v) is 7.51. The molecule has 2 rings (SSSR count). The fraction of sp³-hybridized carbons (Fsp3) is 0.688. The summed E-state index contributed by atoms with van der Waals surface area (Å²) in [5, 5.41) is 3.45. The Kier molecular flexibility index (Phi) is 4.81. The first-order valence-electron chi connectivity index (χ1n) is 7.51. The van der Waals surface area contributed by atoms with Crippen LogP contribution < -0.4 is 11.1 Å². The number of nitrogens with one attached hydrogen (secondary N) is 1. The lowest BCUT2D eigenvalue weighted by molar-refractivity contribution is 0.193. The van der Waals surface area contributed by atoms with Crippen molar-refractivity contribution < 1.29 is 0 Å². The molecule has 0 saturated heterocycles. The molecule has 0 aromatic carbocycles. The molecule has 0 aliphatic heterocycles. The number of nitrogens with two attached hydrogens (primary N) is 1. The highest BCUT2D eigenvalue weighted by molar-refractivity contribution is 5.41. The van der Waals surface area contributed by atoms with Crippen LogP contribution >= 0.6 is 0 Å². The molecule has 1 heterocycles. The number of hydrogen-bond donors (Lipinski definition) is 2. The van der Waals surface area contributed by atoms with Crippen molar-refractivity contribution in [1.82, 2.24) is 10.3 Å². The van der Waals surface area contributed by atoms with Gasteiger partial charge in [-0.2, -0.15) is 0 Å².